The van der Waals surface area contributed by atoms with Crippen LogP contribution in [0.3, 0.4) is 0 Å². The van der Waals surface area contributed by atoms with Crippen molar-refractivity contribution in [2.45, 2.75) is 12.5 Å². The van der Waals surface area contributed by atoms with E-state index in [-0.39, 0.29) is 30.2 Å². The first-order chi connectivity index (χ1) is 10.6. The van der Waals surface area contributed by atoms with E-state index < -0.39 is 0 Å². The predicted molar refractivity (Wildman–Crippen MR) is 78.1 cm³/mol. The van der Waals surface area contributed by atoms with Gasteiger partial charge in [0.25, 0.3) is 0 Å². The Kier molecular flexibility index (Phi) is 4.24. The molecular weight excluding hydrogens is 289 g/mol. The minimum absolute atomic E-state index is 0.113. The molecule has 0 bridgehead atoms. The van der Waals surface area contributed by atoms with E-state index in [2.05, 4.69) is 5.32 Å². The second kappa shape index (κ2) is 6.31. The summed E-state index contributed by atoms with van der Waals surface area (Å²) < 4.78 is 18.5. The molecule has 3 rings (SSSR count). The van der Waals surface area contributed by atoms with Crippen molar-refractivity contribution in [1.82, 2.24) is 10.2 Å². The van der Waals surface area contributed by atoms with Gasteiger partial charge in [-0.3, -0.25) is 4.79 Å². The highest BCUT2D eigenvalue weighted by Gasteiger charge is 2.32. The lowest BCUT2D eigenvalue weighted by molar-refractivity contribution is -0.117. The smallest absolute Gasteiger partial charge is 0.317 e. The zero-order valence-corrected chi connectivity index (χ0v) is 12.1. The Morgan fingerprint density at radius 2 is 2.09 bits per heavy atom. The Labute approximate surface area is 127 Å². The molecule has 0 spiro atoms. The molecule has 118 valence electrons. The van der Waals surface area contributed by atoms with Crippen LogP contribution in [0.4, 0.5) is 14.9 Å². The van der Waals surface area contributed by atoms with Crippen molar-refractivity contribution in [2.75, 3.05) is 37.7 Å². The van der Waals surface area contributed by atoms with E-state index in [0.717, 1.165) is 0 Å². The Morgan fingerprint density at radius 1 is 1.32 bits per heavy atom. The van der Waals surface area contributed by atoms with Crippen molar-refractivity contribution in [1.29, 1.82) is 0 Å². The lowest BCUT2D eigenvalue weighted by Gasteiger charge is -2.28. The van der Waals surface area contributed by atoms with E-state index in [0.29, 0.717) is 38.5 Å². The van der Waals surface area contributed by atoms with Crippen LogP contribution in [0.1, 0.15) is 6.42 Å². The lowest BCUT2D eigenvalue weighted by atomic mass is 10.2. The first-order valence-electron chi connectivity index (χ1n) is 7.32. The summed E-state index contributed by atoms with van der Waals surface area (Å²) in [6, 6.07) is 5.48. The summed E-state index contributed by atoms with van der Waals surface area (Å²) in [5.74, 6) is -0.496. The van der Waals surface area contributed by atoms with Gasteiger partial charge in [-0.05, 0) is 18.2 Å². The number of amides is 3. The fourth-order valence-electron chi connectivity index (χ4n) is 2.73. The molecule has 3 amide bonds. The van der Waals surface area contributed by atoms with Crippen molar-refractivity contribution >= 4 is 17.6 Å². The summed E-state index contributed by atoms with van der Waals surface area (Å²) in [5.41, 5.74) is 0.521. The van der Waals surface area contributed by atoms with Crippen LogP contribution in [0.5, 0.6) is 0 Å². The van der Waals surface area contributed by atoms with Gasteiger partial charge in [-0.15, -0.1) is 0 Å². The van der Waals surface area contributed by atoms with Gasteiger partial charge in [0, 0.05) is 31.7 Å². The highest BCUT2D eigenvalue weighted by atomic mass is 19.1. The summed E-state index contributed by atoms with van der Waals surface area (Å²) in [6.07, 6.45) is 0.229. The number of nitrogens with zero attached hydrogens (tertiary/aromatic N) is 2. The van der Waals surface area contributed by atoms with Crippen molar-refractivity contribution < 1.29 is 18.7 Å². The monoisotopic (exact) mass is 307 g/mol. The van der Waals surface area contributed by atoms with Crippen LogP contribution >= 0.6 is 0 Å². The first-order valence-corrected chi connectivity index (χ1v) is 7.32. The van der Waals surface area contributed by atoms with Crippen molar-refractivity contribution in [2.24, 2.45) is 0 Å². The van der Waals surface area contributed by atoms with Crippen LogP contribution in [-0.2, 0) is 9.53 Å². The number of benzene rings is 1. The van der Waals surface area contributed by atoms with E-state index in [1.54, 1.807) is 17.0 Å². The van der Waals surface area contributed by atoms with Gasteiger partial charge in [0.15, 0.2) is 0 Å². The highest BCUT2D eigenvalue weighted by Crippen LogP contribution is 2.22. The summed E-state index contributed by atoms with van der Waals surface area (Å²) in [7, 11) is 0. The topological polar surface area (TPSA) is 61.9 Å². The third kappa shape index (κ3) is 3.19. The SMILES string of the molecule is O=C(N[C@@H]1CC(=O)N(c2cccc(F)c2)C1)N1CCOCC1. The van der Waals surface area contributed by atoms with E-state index in [1.165, 1.54) is 17.0 Å². The van der Waals surface area contributed by atoms with Crippen LogP contribution < -0.4 is 10.2 Å². The number of anilines is 1. The van der Waals surface area contributed by atoms with Crippen LogP contribution in [0.25, 0.3) is 0 Å². The molecule has 1 aromatic rings. The second-order valence-corrected chi connectivity index (χ2v) is 5.43. The number of carbonyl (C=O) groups excluding carboxylic acids is 2. The number of hydrogen-bond donors (Lipinski definition) is 1. The molecule has 1 aromatic carbocycles. The van der Waals surface area contributed by atoms with Crippen LogP contribution in [0, 0.1) is 5.82 Å². The number of urea groups is 1. The van der Waals surface area contributed by atoms with Gasteiger partial charge in [0.1, 0.15) is 5.82 Å². The molecule has 22 heavy (non-hydrogen) atoms. The standard InChI is InChI=1S/C15H18FN3O3/c16-11-2-1-3-13(8-11)19-10-12(9-14(19)20)17-15(21)18-4-6-22-7-5-18/h1-3,8,12H,4-7,9-10H2,(H,17,21)/t12-/m1/s1. The molecule has 0 saturated carbocycles. The zero-order valence-electron chi connectivity index (χ0n) is 12.1. The molecule has 2 aliphatic heterocycles. The van der Waals surface area contributed by atoms with Crippen LogP contribution in [0.15, 0.2) is 24.3 Å². The molecule has 1 atom stereocenters. The molecule has 0 aromatic heterocycles. The van der Waals surface area contributed by atoms with E-state index in [9.17, 15) is 14.0 Å². The predicted octanol–water partition coefficient (Wildman–Crippen LogP) is 0.973. The molecule has 0 radical (unpaired) electrons. The third-order valence-corrected chi connectivity index (χ3v) is 3.87. The Hall–Kier alpha value is -2.15. The van der Waals surface area contributed by atoms with Gasteiger partial charge in [0.2, 0.25) is 5.91 Å². The van der Waals surface area contributed by atoms with Crippen LogP contribution in [-0.4, -0.2) is 55.7 Å². The van der Waals surface area contributed by atoms with Gasteiger partial charge in [-0.25, -0.2) is 9.18 Å². The number of morpholine rings is 1. The number of nitrogens with one attached hydrogen (secondary N) is 1. The third-order valence-electron chi connectivity index (χ3n) is 3.87. The summed E-state index contributed by atoms with van der Waals surface area (Å²) in [4.78, 5) is 27.4. The fraction of sp³-hybridized carbons (Fsp3) is 0.467. The summed E-state index contributed by atoms with van der Waals surface area (Å²) >= 11 is 0. The summed E-state index contributed by atoms with van der Waals surface area (Å²) in [5, 5.41) is 2.87. The highest BCUT2D eigenvalue weighted by molar-refractivity contribution is 5.96. The maximum Gasteiger partial charge on any atom is 0.317 e. The molecule has 7 heteroatoms. The molecule has 1 N–H and O–H groups in total. The Balaban J connectivity index is 1.61. The minimum Gasteiger partial charge on any atom is -0.378 e. The average molecular weight is 307 g/mol. The first kappa shape index (κ1) is 14.8. The van der Waals surface area contributed by atoms with Crippen molar-refractivity contribution in [3.8, 4) is 0 Å². The molecule has 2 aliphatic rings. The fourth-order valence-corrected chi connectivity index (χ4v) is 2.73. The molecule has 2 fully saturated rings. The number of ether oxygens (including phenoxy) is 1. The van der Waals surface area contributed by atoms with Gasteiger partial charge in [-0.2, -0.15) is 0 Å². The largest absolute Gasteiger partial charge is 0.378 e. The molecule has 0 aliphatic carbocycles. The lowest BCUT2D eigenvalue weighted by Crippen LogP contribution is -2.49. The number of rotatable bonds is 2. The van der Waals surface area contributed by atoms with Crippen molar-refractivity contribution in [3.63, 3.8) is 0 Å². The molecule has 2 saturated heterocycles. The normalized spacial score (nSPS) is 22.0. The maximum atomic E-state index is 13.3. The quantitative estimate of drug-likeness (QED) is 0.886. The van der Waals surface area contributed by atoms with Crippen molar-refractivity contribution in [3.05, 3.63) is 30.1 Å². The number of hydrogen-bond acceptors (Lipinski definition) is 3. The maximum absolute atomic E-state index is 13.3. The summed E-state index contributed by atoms with van der Waals surface area (Å²) in [6.45, 7) is 2.54. The van der Waals surface area contributed by atoms with Gasteiger partial charge >= 0.3 is 6.03 Å². The van der Waals surface area contributed by atoms with E-state index in [4.69, 9.17) is 4.74 Å². The molecular formula is C15H18FN3O3. The van der Waals surface area contributed by atoms with Gasteiger partial charge in [-0.1, -0.05) is 6.07 Å². The molecule has 2 heterocycles. The molecule has 0 unspecified atom stereocenters. The van der Waals surface area contributed by atoms with Crippen LogP contribution in [0.2, 0.25) is 0 Å². The van der Waals surface area contributed by atoms with Gasteiger partial charge < -0.3 is 19.9 Å². The minimum atomic E-state index is -0.383. The Morgan fingerprint density at radius 3 is 2.82 bits per heavy atom. The Bertz CT molecular complexity index is 575. The van der Waals surface area contributed by atoms with Gasteiger partial charge in [0.05, 0.1) is 19.3 Å². The molecule has 6 nitrogen and oxygen atoms in total. The number of halogens is 1. The zero-order chi connectivity index (χ0) is 15.5. The van der Waals surface area contributed by atoms with E-state index >= 15 is 0 Å². The van der Waals surface area contributed by atoms with E-state index in [1.807, 2.05) is 0 Å². The average Bonchev–Trinajstić information content (AvgIpc) is 2.88. The number of carbonyl (C=O) groups is 2. The second-order valence-electron chi connectivity index (χ2n) is 5.43.